The molecule has 0 radical (unpaired) electrons. The topological polar surface area (TPSA) is 71.4 Å². The predicted octanol–water partition coefficient (Wildman–Crippen LogP) is 3.45. The van der Waals surface area contributed by atoms with Crippen LogP contribution in [0, 0.1) is 11.3 Å². The molecule has 0 fully saturated rings. The Morgan fingerprint density at radius 3 is 2.62 bits per heavy atom. The number of benzene rings is 2. The highest BCUT2D eigenvalue weighted by molar-refractivity contribution is 8.00. The van der Waals surface area contributed by atoms with Crippen LogP contribution in [0.2, 0.25) is 0 Å². The number of nitriles is 1. The number of carbonyl (C=O) groups is 1. The molecule has 1 N–H and O–H groups in total. The van der Waals surface area contributed by atoms with Crippen molar-refractivity contribution in [3.05, 3.63) is 48.0 Å². The quantitative estimate of drug-likeness (QED) is 0.863. The SMILES string of the molecule is N#Cc1ccc(SCC(=O)Nc2ccc3c(c2)OCCCO3)cc1. The second-order valence-electron chi connectivity index (χ2n) is 5.19. The fraction of sp³-hybridized carbons (Fsp3) is 0.222. The average Bonchev–Trinajstić information content (AvgIpc) is 2.85. The zero-order valence-corrected chi connectivity index (χ0v) is 13.8. The standard InChI is InChI=1S/C18H16N2O3S/c19-11-13-2-5-15(6-3-13)24-12-18(21)20-14-4-7-16-17(10-14)23-9-1-8-22-16/h2-7,10H,1,8-9,12H2,(H,20,21). The minimum Gasteiger partial charge on any atom is -0.490 e. The van der Waals surface area contributed by atoms with E-state index in [-0.39, 0.29) is 5.91 Å². The summed E-state index contributed by atoms with van der Waals surface area (Å²) < 4.78 is 11.2. The fourth-order valence-corrected chi connectivity index (χ4v) is 2.91. The minimum absolute atomic E-state index is 0.0983. The summed E-state index contributed by atoms with van der Waals surface area (Å²) in [5, 5.41) is 11.6. The molecular formula is C18H16N2O3S. The molecule has 0 aromatic heterocycles. The number of anilines is 1. The Hall–Kier alpha value is -2.65. The average molecular weight is 340 g/mol. The largest absolute Gasteiger partial charge is 0.490 e. The number of fused-ring (bicyclic) bond motifs is 1. The number of amides is 1. The lowest BCUT2D eigenvalue weighted by atomic mass is 10.2. The van der Waals surface area contributed by atoms with Crippen molar-refractivity contribution in [3.63, 3.8) is 0 Å². The van der Waals surface area contributed by atoms with E-state index in [4.69, 9.17) is 14.7 Å². The summed E-state index contributed by atoms with van der Waals surface area (Å²) in [6.07, 6.45) is 0.845. The lowest BCUT2D eigenvalue weighted by Crippen LogP contribution is -2.14. The van der Waals surface area contributed by atoms with Gasteiger partial charge in [-0.3, -0.25) is 4.79 Å². The van der Waals surface area contributed by atoms with Crippen molar-refractivity contribution in [2.75, 3.05) is 24.3 Å². The number of hydrogen-bond donors (Lipinski definition) is 1. The first-order valence-corrected chi connectivity index (χ1v) is 8.55. The molecule has 1 aliphatic heterocycles. The van der Waals surface area contributed by atoms with Crippen LogP contribution in [0.5, 0.6) is 11.5 Å². The molecule has 122 valence electrons. The molecule has 0 spiro atoms. The molecule has 0 aliphatic carbocycles. The van der Waals surface area contributed by atoms with Crippen molar-refractivity contribution in [1.82, 2.24) is 0 Å². The Morgan fingerprint density at radius 1 is 1.12 bits per heavy atom. The molecular weight excluding hydrogens is 324 g/mol. The maximum atomic E-state index is 12.1. The van der Waals surface area contributed by atoms with Crippen LogP contribution in [0.1, 0.15) is 12.0 Å². The smallest absolute Gasteiger partial charge is 0.234 e. The molecule has 1 aliphatic rings. The van der Waals surface area contributed by atoms with Crippen LogP contribution < -0.4 is 14.8 Å². The number of carbonyl (C=O) groups excluding carboxylic acids is 1. The number of ether oxygens (including phenoxy) is 2. The number of nitrogens with zero attached hydrogens (tertiary/aromatic N) is 1. The van der Waals surface area contributed by atoms with E-state index in [2.05, 4.69) is 11.4 Å². The van der Waals surface area contributed by atoms with E-state index in [1.807, 2.05) is 18.2 Å². The molecule has 5 nitrogen and oxygen atoms in total. The Morgan fingerprint density at radius 2 is 1.88 bits per heavy atom. The van der Waals surface area contributed by atoms with Gasteiger partial charge in [-0.15, -0.1) is 11.8 Å². The Labute approximate surface area is 144 Å². The highest BCUT2D eigenvalue weighted by Gasteiger charge is 2.12. The van der Waals surface area contributed by atoms with Crippen LogP contribution in [0.4, 0.5) is 5.69 Å². The van der Waals surface area contributed by atoms with E-state index < -0.39 is 0 Å². The fourth-order valence-electron chi connectivity index (χ4n) is 2.21. The van der Waals surface area contributed by atoms with Crippen molar-refractivity contribution < 1.29 is 14.3 Å². The molecule has 0 bridgehead atoms. The van der Waals surface area contributed by atoms with E-state index in [0.717, 1.165) is 11.3 Å². The first-order chi connectivity index (χ1) is 11.7. The molecule has 2 aromatic rings. The Bertz CT molecular complexity index is 769. The van der Waals surface area contributed by atoms with Gasteiger partial charge in [0.25, 0.3) is 0 Å². The van der Waals surface area contributed by atoms with Crippen LogP contribution >= 0.6 is 11.8 Å². The summed E-state index contributed by atoms with van der Waals surface area (Å²) in [6.45, 7) is 1.25. The molecule has 0 unspecified atom stereocenters. The summed E-state index contributed by atoms with van der Waals surface area (Å²) in [6, 6.07) is 14.6. The Kier molecular flexibility index (Phi) is 5.24. The molecule has 0 saturated heterocycles. The number of hydrogen-bond acceptors (Lipinski definition) is 5. The predicted molar refractivity (Wildman–Crippen MR) is 92.6 cm³/mol. The molecule has 3 rings (SSSR count). The second kappa shape index (κ2) is 7.75. The highest BCUT2D eigenvalue weighted by Crippen LogP contribution is 2.32. The van der Waals surface area contributed by atoms with E-state index in [1.54, 1.807) is 24.3 Å². The third-order valence-corrected chi connectivity index (χ3v) is 4.40. The van der Waals surface area contributed by atoms with Crippen LogP contribution in [0.25, 0.3) is 0 Å². The van der Waals surface area contributed by atoms with Gasteiger partial charge in [-0.2, -0.15) is 5.26 Å². The van der Waals surface area contributed by atoms with Crippen molar-refractivity contribution in [1.29, 1.82) is 5.26 Å². The second-order valence-corrected chi connectivity index (χ2v) is 6.23. The van der Waals surface area contributed by atoms with Gasteiger partial charge in [0.15, 0.2) is 11.5 Å². The highest BCUT2D eigenvalue weighted by atomic mass is 32.2. The summed E-state index contributed by atoms with van der Waals surface area (Å²) in [5.74, 6) is 1.56. The van der Waals surface area contributed by atoms with E-state index >= 15 is 0 Å². The van der Waals surface area contributed by atoms with Gasteiger partial charge in [0, 0.05) is 23.1 Å². The van der Waals surface area contributed by atoms with Gasteiger partial charge in [0.2, 0.25) is 5.91 Å². The van der Waals surface area contributed by atoms with Crippen molar-refractivity contribution >= 4 is 23.4 Å². The number of nitrogens with one attached hydrogen (secondary N) is 1. The molecule has 24 heavy (non-hydrogen) atoms. The zero-order valence-electron chi connectivity index (χ0n) is 13.0. The van der Waals surface area contributed by atoms with Gasteiger partial charge in [0.1, 0.15) is 0 Å². The zero-order chi connectivity index (χ0) is 16.8. The van der Waals surface area contributed by atoms with Gasteiger partial charge in [0.05, 0.1) is 30.6 Å². The molecule has 1 amide bonds. The first-order valence-electron chi connectivity index (χ1n) is 7.57. The first kappa shape index (κ1) is 16.2. The maximum absolute atomic E-state index is 12.1. The van der Waals surface area contributed by atoms with Crippen molar-refractivity contribution in [3.8, 4) is 17.6 Å². The molecule has 2 aromatic carbocycles. The van der Waals surface area contributed by atoms with Gasteiger partial charge < -0.3 is 14.8 Å². The van der Waals surface area contributed by atoms with E-state index in [0.29, 0.717) is 41.7 Å². The molecule has 1 heterocycles. The van der Waals surface area contributed by atoms with Crippen molar-refractivity contribution in [2.24, 2.45) is 0 Å². The van der Waals surface area contributed by atoms with E-state index in [9.17, 15) is 4.79 Å². The lowest BCUT2D eigenvalue weighted by molar-refractivity contribution is -0.113. The number of thioether (sulfide) groups is 1. The maximum Gasteiger partial charge on any atom is 0.234 e. The summed E-state index contributed by atoms with van der Waals surface area (Å²) in [4.78, 5) is 13.0. The summed E-state index contributed by atoms with van der Waals surface area (Å²) in [5.41, 5.74) is 1.29. The van der Waals surface area contributed by atoms with E-state index in [1.165, 1.54) is 11.8 Å². The number of rotatable bonds is 4. The third-order valence-electron chi connectivity index (χ3n) is 3.38. The van der Waals surface area contributed by atoms with Gasteiger partial charge in [-0.05, 0) is 36.4 Å². The van der Waals surface area contributed by atoms with Gasteiger partial charge in [-0.25, -0.2) is 0 Å². The van der Waals surface area contributed by atoms with Crippen molar-refractivity contribution in [2.45, 2.75) is 11.3 Å². The third kappa shape index (κ3) is 4.21. The monoisotopic (exact) mass is 340 g/mol. The van der Waals surface area contributed by atoms with Crippen LogP contribution in [-0.4, -0.2) is 24.9 Å². The molecule has 6 heteroatoms. The molecule has 0 atom stereocenters. The van der Waals surface area contributed by atoms with Crippen LogP contribution in [-0.2, 0) is 4.79 Å². The van der Waals surface area contributed by atoms with Crippen LogP contribution in [0.15, 0.2) is 47.4 Å². The lowest BCUT2D eigenvalue weighted by Gasteiger charge is -2.10. The summed E-state index contributed by atoms with van der Waals surface area (Å²) in [7, 11) is 0. The molecule has 0 saturated carbocycles. The van der Waals surface area contributed by atoms with Gasteiger partial charge in [-0.1, -0.05) is 0 Å². The van der Waals surface area contributed by atoms with Gasteiger partial charge >= 0.3 is 0 Å². The van der Waals surface area contributed by atoms with Crippen LogP contribution in [0.3, 0.4) is 0 Å². The summed E-state index contributed by atoms with van der Waals surface area (Å²) >= 11 is 1.42. The minimum atomic E-state index is -0.0983. The normalized spacial score (nSPS) is 12.8. The Balaban J connectivity index is 1.56.